The number of hydrogen-bond acceptors (Lipinski definition) is 4. The molecule has 2 unspecified atom stereocenters. The van der Waals surface area contributed by atoms with Crippen LogP contribution in [0.2, 0.25) is 5.02 Å². The molecule has 34 heavy (non-hydrogen) atoms. The normalized spacial score (nSPS) is 22.3. The predicted molar refractivity (Wildman–Crippen MR) is 123 cm³/mol. The van der Waals surface area contributed by atoms with E-state index < -0.39 is 11.7 Å². The lowest BCUT2D eigenvalue weighted by Gasteiger charge is -2.38. The van der Waals surface area contributed by atoms with Crippen LogP contribution in [0.5, 0.6) is 5.75 Å². The van der Waals surface area contributed by atoms with Gasteiger partial charge in [-0.05, 0) is 43.4 Å². The van der Waals surface area contributed by atoms with E-state index in [0.717, 1.165) is 18.9 Å². The molecule has 2 saturated heterocycles. The van der Waals surface area contributed by atoms with Gasteiger partial charge in [-0.2, -0.15) is 13.2 Å². The number of ether oxygens (including phenoxy) is 1. The van der Waals surface area contributed by atoms with Crippen LogP contribution in [-0.2, 0) is 22.3 Å². The van der Waals surface area contributed by atoms with Gasteiger partial charge in [0, 0.05) is 30.6 Å². The predicted octanol–water partition coefficient (Wildman–Crippen LogP) is 5.32. The molecule has 0 spiro atoms. The van der Waals surface area contributed by atoms with E-state index >= 15 is 0 Å². The number of carbonyl (C=O) groups is 2. The average molecular weight is 496 g/mol. The maximum atomic E-state index is 13.1. The molecule has 6 nitrogen and oxygen atoms in total. The second kappa shape index (κ2) is 9.84. The zero-order chi connectivity index (χ0) is 24.5. The van der Waals surface area contributed by atoms with Crippen LogP contribution in [0.3, 0.4) is 0 Å². The molecule has 2 fully saturated rings. The minimum absolute atomic E-state index is 0.133. The summed E-state index contributed by atoms with van der Waals surface area (Å²) in [4.78, 5) is 26.0. The first kappa shape index (κ1) is 24.3. The van der Waals surface area contributed by atoms with Crippen molar-refractivity contribution in [2.24, 2.45) is 5.92 Å². The van der Waals surface area contributed by atoms with Gasteiger partial charge in [0.1, 0.15) is 5.75 Å². The molecule has 2 N–H and O–H groups in total. The molecule has 2 aromatic rings. The van der Waals surface area contributed by atoms with Crippen LogP contribution in [0.15, 0.2) is 36.4 Å². The third-order valence-corrected chi connectivity index (χ3v) is 6.95. The van der Waals surface area contributed by atoms with Gasteiger partial charge < -0.3 is 15.4 Å². The van der Waals surface area contributed by atoms with Gasteiger partial charge in [-0.15, -0.1) is 0 Å². The monoisotopic (exact) mass is 495 g/mol. The molecule has 2 amide bonds. The van der Waals surface area contributed by atoms with Crippen molar-refractivity contribution >= 4 is 35.3 Å². The van der Waals surface area contributed by atoms with Gasteiger partial charge in [-0.25, -0.2) is 0 Å². The summed E-state index contributed by atoms with van der Waals surface area (Å²) in [7, 11) is 1.45. The van der Waals surface area contributed by atoms with Gasteiger partial charge in [0.2, 0.25) is 12.3 Å². The standard InChI is InChI=1S/C24H25ClF3N3O3/c1-34-22-11-20(29-13-32)19(25)10-21(22)30-23(33)15-8-17-5-6-18(9-15)31(17)12-14-3-2-4-16(7-14)24(26,27)28/h2-4,7,10-11,13,15,17-18H,5-6,8-9,12H2,1H3,(H,29,32)(H,30,33). The number of methoxy groups -OCH3 is 1. The minimum Gasteiger partial charge on any atom is -0.494 e. The Hall–Kier alpha value is -2.78. The number of halogens is 4. The van der Waals surface area contributed by atoms with E-state index in [1.54, 1.807) is 6.07 Å². The molecule has 2 atom stereocenters. The van der Waals surface area contributed by atoms with E-state index in [4.69, 9.17) is 16.3 Å². The van der Waals surface area contributed by atoms with Crippen LogP contribution in [-0.4, -0.2) is 36.4 Å². The number of piperidine rings is 1. The number of carbonyl (C=O) groups excluding carboxylic acids is 2. The molecular weight excluding hydrogens is 471 g/mol. The van der Waals surface area contributed by atoms with Crippen molar-refractivity contribution in [3.05, 3.63) is 52.5 Å². The lowest BCUT2D eigenvalue weighted by Crippen LogP contribution is -2.45. The zero-order valence-electron chi connectivity index (χ0n) is 18.5. The molecule has 0 radical (unpaired) electrons. The number of rotatable bonds is 7. The SMILES string of the molecule is COc1cc(NC=O)c(Cl)cc1NC(=O)C1CC2CCC(C1)N2Cc1cccc(C(F)(F)F)c1. The van der Waals surface area contributed by atoms with E-state index in [1.165, 1.54) is 31.4 Å². The Bertz CT molecular complexity index is 1070. The van der Waals surface area contributed by atoms with Gasteiger partial charge in [0.25, 0.3) is 0 Å². The van der Waals surface area contributed by atoms with E-state index in [1.807, 2.05) is 0 Å². The van der Waals surface area contributed by atoms with Gasteiger partial charge in [0.15, 0.2) is 0 Å². The first-order valence-corrected chi connectivity index (χ1v) is 11.4. The van der Waals surface area contributed by atoms with Crippen molar-refractivity contribution in [2.45, 2.75) is 50.5 Å². The van der Waals surface area contributed by atoms with Crippen LogP contribution in [0.1, 0.15) is 36.8 Å². The lowest BCUT2D eigenvalue weighted by molar-refractivity contribution is -0.137. The largest absolute Gasteiger partial charge is 0.494 e. The Kier molecular flexibility index (Phi) is 7.04. The van der Waals surface area contributed by atoms with Crippen LogP contribution < -0.4 is 15.4 Å². The second-order valence-electron chi connectivity index (χ2n) is 8.71. The molecular formula is C24H25ClF3N3O3. The third kappa shape index (κ3) is 5.15. The molecule has 0 saturated carbocycles. The Balaban J connectivity index is 1.43. The molecule has 2 aliphatic heterocycles. The van der Waals surface area contributed by atoms with Crippen molar-refractivity contribution < 1.29 is 27.5 Å². The summed E-state index contributed by atoms with van der Waals surface area (Å²) in [5.74, 6) is -0.0142. The van der Waals surface area contributed by atoms with Crippen molar-refractivity contribution in [2.75, 3.05) is 17.7 Å². The van der Waals surface area contributed by atoms with Crippen LogP contribution in [0.4, 0.5) is 24.5 Å². The number of fused-ring (bicyclic) bond motifs is 2. The summed E-state index contributed by atoms with van der Waals surface area (Å²) >= 11 is 6.19. The fraction of sp³-hybridized carbons (Fsp3) is 0.417. The van der Waals surface area contributed by atoms with Crippen molar-refractivity contribution in [3.8, 4) is 5.75 Å². The average Bonchev–Trinajstić information content (AvgIpc) is 3.01. The van der Waals surface area contributed by atoms with Crippen molar-refractivity contribution in [1.29, 1.82) is 0 Å². The molecule has 2 aliphatic rings. The number of benzene rings is 2. The summed E-state index contributed by atoms with van der Waals surface area (Å²) in [6.45, 7) is 0.433. The highest BCUT2D eigenvalue weighted by Crippen LogP contribution is 2.41. The summed E-state index contributed by atoms with van der Waals surface area (Å²) in [5, 5.41) is 5.63. The van der Waals surface area contributed by atoms with Crippen LogP contribution in [0.25, 0.3) is 0 Å². The molecule has 10 heteroatoms. The number of alkyl halides is 3. The number of nitrogens with one attached hydrogen (secondary N) is 2. The summed E-state index contributed by atoms with van der Waals surface area (Å²) in [6.07, 6.45) is -0.791. The molecule has 0 aromatic heterocycles. The van der Waals surface area contributed by atoms with E-state index in [-0.39, 0.29) is 28.9 Å². The fourth-order valence-electron chi connectivity index (χ4n) is 5.03. The maximum absolute atomic E-state index is 13.1. The van der Waals surface area contributed by atoms with E-state index in [9.17, 15) is 22.8 Å². The number of nitrogens with zero attached hydrogens (tertiary/aromatic N) is 1. The Morgan fingerprint density at radius 1 is 1.18 bits per heavy atom. The number of hydrogen-bond donors (Lipinski definition) is 2. The zero-order valence-corrected chi connectivity index (χ0v) is 19.2. The van der Waals surface area contributed by atoms with E-state index in [0.29, 0.717) is 48.5 Å². The molecule has 2 heterocycles. The Labute approximate surface area is 200 Å². The van der Waals surface area contributed by atoms with Gasteiger partial charge in [0.05, 0.1) is 29.1 Å². The molecule has 2 aromatic carbocycles. The van der Waals surface area contributed by atoms with E-state index in [2.05, 4.69) is 15.5 Å². The summed E-state index contributed by atoms with van der Waals surface area (Å²) < 4.78 is 44.6. The molecule has 0 aliphatic carbocycles. The smallest absolute Gasteiger partial charge is 0.416 e. The molecule has 2 bridgehead atoms. The molecule has 4 rings (SSSR count). The third-order valence-electron chi connectivity index (χ3n) is 6.64. The number of amides is 2. The highest BCUT2D eigenvalue weighted by molar-refractivity contribution is 6.34. The number of anilines is 2. The first-order chi connectivity index (χ1) is 16.2. The van der Waals surface area contributed by atoms with Gasteiger partial charge >= 0.3 is 6.18 Å². The summed E-state index contributed by atoms with van der Waals surface area (Å²) in [6, 6.07) is 8.77. The first-order valence-electron chi connectivity index (χ1n) is 11.0. The topological polar surface area (TPSA) is 70.7 Å². The molecule has 182 valence electrons. The highest BCUT2D eigenvalue weighted by Gasteiger charge is 2.43. The maximum Gasteiger partial charge on any atom is 0.416 e. The fourth-order valence-corrected chi connectivity index (χ4v) is 5.25. The van der Waals surface area contributed by atoms with Crippen LogP contribution in [0, 0.1) is 5.92 Å². The minimum atomic E-state index is -4.37. The highest BCUT2D eigenvalue weighted by atomic mass is 35.5. The lowest BCUT2D eigenvalue weighted by atomic mass is 9.89. The Morgan fingerprint density at radius 2 is 1.88 bits per heavy atom. The second-order valence-corrected chi connectivity index (χ2v) is 9.11. The van der Waals surface area contributed by atoms with Gasteiger partial charge in [-0.1, -0.05) is 29.8 Å². The summed E-state index contributed by atoms with van der Waals surface area (Å²) in [5.41, 5.74) is 0.756. The van der Waals surface area contributed by atoms with Crippen LogP contribution >= 0.6 is 11.6 Å². The Morgan fingerprint density at radius 3 is 2.50 bits per heavy atom. The quantitative estimate of drug-likeness (QED) is 0.510. The van der Waals surface area contributed by atoms with Crippen molar-refractivity contribution in [3.63, 3.8) is 0 Å². The van der Waals surface area contributed by atoms with Gasteiger partial charge in [-0.3, -0.25) is 14.5 Å². The van der Waals surface area contributed by atoms with Crippen molar-refractivity contribution in [1.82, 2.24) is 4.90 Å².